The van der Waals surface area contributed by atoms with Crippen molar-refractivity contribution in [1.82, 2.24) is 4.90 Å². The summed E-state index contributed by atoms with van der Waals surface area (Å²) < 4.78 is 19.5. The van der Waals surface area contributed by atoms with Crippen LogP contribution in [-0.4, -0.2) is 29.4 Å². The van der Waals surface area contributed by atoms with Crippen molar-refractivity contribution in [3.8, 4) is 5.75 Å². The minimum atomic E-state index is -0.790. The molecule has 3 aromatic carbocycles. The zero-order valence-electron chi connectivity index (χ0n) is 20.0. The van der Waals surface area contributed by atoms with Gasteiger partial charge in [-0.15, -0.1) is 0 Å². The molecule has 3 aromatic rings. The van der Waals surface area contributed by atoms with E-state index in [1.54, 1.807) is 19.1 Å². The van der Waals surface area contributed by atoms with Gasteiger partial charge in [-0.1, -0.05) is 42.0 Å². The number of carbonyl (C=O) groups is 2. The van der Waals surface area contributed by atoms with Crippen molar-refractivity contribution < 1.29 is 18.7 Å². The maximum absolute atomic E-state index is 13.5. The average Bonchev–Trinajstić information content (AvgIpc) is 3.68. The first-order chi connectivity index (χ1) is 16.9. The molecule has 1 heterocycles. The first-order valence-corrected chi connectivity index (χ1v) is 12.1. The summed E-state index contributed by atoms with van der Waals surface area (Å²) in [5.74, 6) is 0.128. The summed E-state index contributed by atoms with van der Waals surface area (Å²) in [6, 6.07) is 19.7. The second kappa shape index (κ2) is 9.53. The van der Waals surface area contributed by atoms with E-state index in [2.05, 4.69) is 30.4 Å². The van der Waals surface area contributed by atoms with Crippen LogP contribution in [0.3, 0.4) is 0 Å². The first kappa shape index (κ1) is 23.1. The Bertz CT molecular complexity index is 1270. The van der Waals surface area contributed by atoms with Gasteiger partial charge in [-0.05, 0) is 80.1 Å². The summed E-state index contributed by atoms with van der Waals surface area (Å²) in [5, 5.41) is 2.69. The molecule has 2 amide bonds. The standard InChI is InChI=1S/C29H29FN2O3/c1-18-5-3-6-22(15-18)27-26-17-25(12-11-20(26)13-14-32(27)29(34)21-9-10-21)35-19(2)28(33)31-24-8-4-7-23(30)16-24/h3-8,11-12,15-17,19,21,27H,9-10,13-14H2,1-2H3,(H,31,33). The highest BCUT2D eigenvalue weighted by atomic mass is 19.1. The number of nitrogens with zero attached hydrogens (tertiary/aromatic N) is 1. The van der Waals surface area contributed by atoms with E-state index in [1.807, 2.05) is 29.2 Å². The van der Waals surface area contributed by atoms with Gasteiger partial charge in [-0.2, -0.15) is 0 Å². The molecule has 0 saturated heterocycles. The third-order valence-electron chi connectivity index (χ3n) is 6.69. The summed E-state index contributed by atoms with van der Waals surface area (Å²) in [4.78, 5) is 27.9. The Morgan fingerprint density at radius 1 is 1.06 bits per heavy atom. The van der Waals surface area contributed by atoms with Crippen LogP contribution in [0.1, 0.15) is 48.1 Å². The second-order valence-corrected chi connectivity index (χ2v) is 9.49. The minimum absolute atomic E-state index is 0.134. The lowest BCUT2D eigenvalue weighted by Crippen LogP contribution is -2.41. The Labute approximate surface area is 204 Å². The van der Waals surface area contributed by atoms with Gasteiger partial charge in [0.2, 0.25) is 5.91 Å². The molecular formula is C29H29FN2O3. The minimum Gasteiger partial charge on any atom is -0.481 e. The van der Waals surface area contributed by atoms with Crippen molar-refractivity contribution in [2.45, 2.75) is 45.3 Å². The lowest BCUT2D eigenvalue weighted by Gasteiger charge is -2.38. The largest absolute Gasteiger partial charge is 0.481 e. The van der Waals surface area contributed by atoms with Crippen LogP contribution in [0.15, 0.2) is 66.7 Å². The van der Waals surface area contributed by atoms with Crippen LogP contribution in [0.2, 0.25) is 0 Å². The number of aryl methyl sites for hydroxylation is 1. The fourth-order valence-corrected chi connectivity index (χ4v) is 4.74. The van der Waals surface area contributed by atoms with E-state index in [0.29, 0.717) is 18.0 Å². The molecule has 1 fully saturated rings. The zero-order chi connectivity index (χ0) is 24.5. The third kappa shape index (κ3) is 5.06. The lowest BCUT2D eigenvalue weighted by atomic mass is 9.87. The van der Waals surface area contributed by atoms with E-state index >= 15 is 0 Å². The number of nitrogens with one attached hydrogen (secondary N) is 1. The highest BCUT2D eigenvalue weighted by molar-refractivity contribution is 5.94. The quantitative estimate of drug-likeness (QED) is 0.521. The van der Waals surface area contributed by atoms with Crippen molar-refractivity contribution in [2.75, 3.05) is 11.9 Å². The van der Waals surface area contributed by atoms with Crippen LogP contribution in [0.4, 0.5) is 10.1 Å². The Morgan fingerprint density at radius 2 is 1.86 bits per heavy atom. The van der Waals surface area contributed by atoms with Crippen molar-refractivity contribution >= 4 is 17.5 Å². The van der Waals surface area contributed by atoms with Crippen LogP contribution in [0.5, 0.6) is 5.75 Å². The van der Waals surface area contributed by atoms with E-state index in [0.717, 1.165) is 36.0 Å². The van der Waals surface area contributed by atoms with Crippen molar-refractivity contribution in [3.05, 3.63) is 94.8 Å². The Balaban J connectivity index is 1.41. The molecule has 0 radical (unpaired) electrons. The lowest BCUT2D eigenvalue weighted by molar-refractivity contribution is -0.134. The van der Waals surface area contributed by atoms with Crippen molar-refractivity contribution in [1.29, 1.82) is 0 Å². The number of ether oxygens (including phenoxy) is 1. The van der Waals surface area contributed by atoms with Gasteiger partial charge in [0.15, 0.2) is 6.10 Å². The number of amides is 2. The Morgan fingerprint density at radius 3 is 2.60 bits per heavy atom. The molecule has 1 aliphatic heterocycles. The highest BCUT2D eigenvalue weighted by Crippen LogP contribution is 2.41. The SMILES string of the molecule is Cc1cccc(C2c3cc(OC(C)C(=O)Nc4cccc(F)c4)ccc3CCN2C(=O)C2CC2)c1. The molecule has 35 heavy (non-hydrogen) atoms. The summed E-state index contributed by atoms with van der Waals surface area (Å²) in [6.45, 7) is 4.40. The second-order valence-electron chi connectivity index (χ2n) is 9.49. The number of fused-ring (bicyclic) bond motifs is 1. The molecule has 1 N–H and O–H groups in total. The zero-order valence-corrected chi connectivity index (χ0v) is 20.0. The van der Waals surface area contributed by atoms with Gasteiger partial charge in [0.1, 0.15) is 11.6 Å². The number of hydrogen-bond donors (Lipinski definition) is 1. The van der Waals surface area contributed by atoms with Crippen molar-refractivity contribution in [3.63, 3.8) is 0 Å². The molecule has 5 rings (SSSR count). The van der Waals surface area contributed by atoms with Crippen molar-refractivity contribution in [2.24, 2.45) is 5.92 Å². The van der Waals surface area contributed by atoms with Gasteiger partial charge >= 0.3 is 0 Å². The summed E-state index contributed by atoms with van der Waals surface area (Å²) >= 11 is 0. The van der Waals surface area contributed by atoms with Crippen LogP contribution < -0.4 is 10.1 Å². The van der Waals surface area contributed by atoms with E-state index < -0.39 is 11.9 Å². The van der Waals surface area contributed by atoms with E-state index in [4.69, 9.17) is 4.74 Å². The number of carbonyl (C=O) groups excluding carboxylic acids is 2. The molecule has 2 aliphatic rings. The molecular weight excluding hydrogens is 443 g/mol. The molecule has 180 valence electrons. The summed E-state index contributed by atoms with van der Waals surface area (Å²) in [7, 11) is 0. The van der Waals surface area contributed by atoms with Gasteiger partial charge < -0.3 is 15.0 Å². The van der Waals surface area contributed by atoms with E-state index in [1.165, 1.54) is 17.7 Å². The fraction of sp³-hybridized carbons (Fsp3) is 0.310. The molecule has 1 saturated carbocycles. The Kier molecular flexibility index (Phi) is 6.29. The molecule has 5 nitrogen and oxygen atoms in total. The highest BCUT2D eigenvalue weighted by Gasteiger charge is 2.39. The fourth-order valence-electron chi connectivity index (χ4n) is 4.74. The molecule has 2 atom stereocenters. The van der Waals surface area contributed by atoms with Crippen LogP contribution in [0, 0.1) is 18.7 Å². The third-order valence-corrected chi connectivity index (χ3v) is 6.69. The first-order valence-electron chi connectivity index (χ1n) is 12.1. The van der Waals surface area contributed by atoms with Crippen LogP contribution >= 0.6 is 0 Å². The number of rotatable bonds is 6. The van der Waals surface area contributed by atoms with Gasteiger partial charge in [0.25, 0.3) is 5.91 Å². The average molecular weight is 473 g/mol. The molecule has 0 bridgehead atoms. The van der Waals surface area contributed by atoms with Crippen LogP contribution in [0.25, 0.3) is 0 Å². The van der Waals surface area contributed by atoms with Gasteiger partial charge in [0, 0.05) is 18.2 Å². The molecule has 0 spiro atoms. The molecule has 6 heteroatoms. The number of anilines is 1. The smallest absolute Gasteiger partial charge is 0.265 e. The topological polar surface area (TPSA) is 58.6 Å². The van der Waals surface area contributed by atoms with Gasteiger partial charge in [-0.25, -0.2) is 4.39 Å². The predicted octanol–water partition coefficient (Wildman–Crippen LogP) is 5.42. The monoisotopic (exact) mass is 472 g/mol. The number of benzene rings is 3. The van der Waals surface area contributed by atoms with E-state index in [-0.39, 0.29) is 23.8 Å². The van der Waals surface area contributed by atoms with Gasteiger partial charge in [-0.3, -0.25) is 9.59 Å². The number of halogens is 1. The summed E-state index contributed by atoms with van der Waals surface area (Å²) in [5.41, 5.74) is 4.81. The number of hydrogen-bond acceptors (Lipinski definition) is 3. The van der Waals surface area contributed by atoms with E-state index in [9.17, 15) is 14.0 Å². The van der Waals surface area contributed by atoms with Crippen LogP contribution in [-0.2, 0) is 16.0 Å². The Hall–Kier alpha value is -3.67. The summed E-state index contributed by atoms with van der Waals surface area (Å²) in [6.07, 6.45) is 1.92. The maximum atomic E-state index is 13.5. The van der Waals surface area contributed by atoms with Gasteiger partial charge in [0.05, 0.1) is 6.04 Å². The predicted molar refractivity (Wildman–Crippen MR) is 133 cm³/mol. The normalized spacial score (nSPS) is 17.9. The molecule has 1 aliphatic carbocycles. The maximum Gasteiger partial charge on any atom is 0.265 e. The molecule has 0 aromatic heterocycles. The molecule has 2 unspecified atom stereocenters.